The summed E-state index contributed by atoms with van der Waals surface area (Å²) in [5.41, 5.74) is 2.03. The highest BCUT2D eigenvalue weighted by atomic mass is 15.0. The molecule has 1 aromatic heterocycles. The predicted molar refractivity (Wildman–Crippen MR) is 64.5 cm³/mol. The van der Waals surface area contributed by atoms with E-state index in [1.807, 2.05) is 55.5 Å². The Labute approximate surface area is 89.9 Å². The Morgan fingerprint density at radius 2 is 1.87 bits per heavy atom. The molecule has 0 fully saturated rings. The summed E-state index contributed by atoms with van der Waals surface area (Å²) in [4.78, 5) is 6.53. The van der Waals surface area contributed by atoms with Gasteiger partial charge in [-0.15, -0.1) is 0 Å². The third-order valence-electron chi connectivity index (χ3n) is 2.16. The molecular formula is C13H14N2. The van der Waals surface area contributed by atoms with Gasteiger partial charge in [0, 0.05) is 25.7 Å². The van der Waals surface area contributed by atoms with Crippen LogP contribution in [-0.4, -0.2) is 24.0 Å². The average molecular weight is 198 g/mol. The van der Waals surface area contributed by atoms with E-state index in [1.165, 1.54) is 5.39 Å². The van der Waals surface area contributed by atoms with Crippen molar-refractivity contribution in [3.63, 3.8) is 0 Å². The molecule has 1 aromatic carbocycles. The molecule has 2 nitrogen and oxygen atoms in total. The van der Waals surface area contributed by atoms with Crippen molar-refractivity contribution in [3.05, 3.63) is 48.3 Å². The quantitative estimate of drug-likeness (QED) is 0.737. The van der Waals surface area contributed by atoms with Crippen molar-refractivity contribution >= 4 is 17.0 Å². The maximum absolute atomic E-state index is 4.53. The van der Waals surface area contributed by atoms with Gasteiger partial charge < -0.3 is 4.90 Å². The Balaban J connectivity index is 2.39. The van der Waals surface area contributed by atoms with E-state index in [9.17, 15) is 0 Å². The van der Waals surface area contributed by atoms with Crippen LogP contribution in [0.15, 0.2) is 42.6 Å². The monoisotopic (exact) mass is 198 g/mol. The van der Waals surface area contributed by atoms with Gasteiger partial charge in [-0.1, -0.05) is 24.3 Å². The average Bonchev–Trinajstić information content (AvgIpc) is 2.26. The number of hydrogen-bond acceptors (Lipinski definition) is 2. The molecular weight excluding hydrogens is 184 g/mol. The smallest absolute Gasteiger partial charge is 0.0709 e. The number of pyridine rings is 1. The molecule has 0 aliphatic rings. The number of para-hydroxylation sites is 1. The van der Waals surface area contributed by atoms with Gasteiger partial charge in [0.15, 0.2) is 0 Å². The van der Waals surface area contributed by atoms with Crippen LogP contribution < -0.4 is 0 Å². The number of fused-ring (bicyclic) bond motifs is 1. The number of hydrogen-bond donors (Lipinski definition) is 0. The lowest BCUT2D eigenvalue weighted by Crippen LogP contribution is -1.99. The van der Waals surface area contributed by atoms with Crippen molar-refractivity contribution in [2.24, 2.45) is 0 Å². The van der Waals surface area contributed by atoms with Gasteiger partial charge in [-0.25, -0.2) is 4.98 Å². The van der Waals surface area contributed by atoms with Gasteiger partial charge in [0.25, 0.3) is 0 Å². The molecule has 0 aliphatic carbocycles. The first-order valence-electron chi connectivity index (χ1n) is 4.96. The zero-order chi connectivity index (χ0) is 10.7. The molecule has 0 bridgehead atoms. The van der Waals surface area contributed by atoms with Gasteiger partial charge in [0.2, 0.25) is 0 Å². The van der Waals surface area contributed by atoms with E-state index in [-0.39, 0.29) is 0 Å². The summed E-state index contributed by atoms with van der Waals surface area (Å²) in [5.74, 6) is 0. The standard InChI is InChI=1S/C13H14N2/c1-15(2)10-9-12-8-7-11-5-3-4-6-13(11)14-12/h3-10H,1-2H3. The second-order valence-corrected chi connectivity index (χ2v) is 3.71. The first-order valence-corrected chi connectivity index (χ1v) is 4.96. The van der Waals surface area contributed by atoms with Crippen LogP contribution in [0, 0.1) is 0 Å². The maximum atomic E-state index is 4.53. The lowest BCUT2D eigenvalue weighted by Gasteiger charge is -2.03. The van der Waals surface area contributed by atoms with Gasteiger partial charge in [0.05, 0.1) is 11.2 Å². The molecule has 0 saturated carbocycles. The summed E-state index contributed by atoms with van der Waals surface area (Å²) >= 11 is 0. The molecule has 0 unspecified atom stereocenters. The minimum atomic E-state index is 0.988. The minimum absolute atomic E-state index is 0.988. The van der Waals surface area contributed by atoms with E-state index >= 15 is 0 Å². The molecule has 2 heteroatoms. The van der Waals surface area contributed by atoms with Crippen molar-refractivity contribution in [1.82, 2.24) is 9.88 Å². The number of benzene rings is 1. The van der Waals surface area contributed by atoms with E-state index in [0.717, 1.165) is 11.2 Å². The molecule has 0 atom stereocenters. The molecule has 2 aromatic rings. The van der Waals surface area contributed by atoms with Crippen LogP contribution in [0.4, 0.5) is 0 Å². The van der Waals surface area contributed by atoms with Crippen LogP contribution in [0.2, 0.25) is 0 Å². The number of nitrogens with zero attached hydrogens (tertiary/aromatic N) is 2. The SMILES string of the molecule is CN(C)C=Cc1ccc2ccccc2n1. The lowest BCUT2D eigenvalue weighted by atomic mass is 10.2. The molecule has 76 valence electrons. The van der Waals surface area contributed by atoms with Crippen molar-refractivity contribution in [2.45, 2.75) is 0 Å². The molecule has 1 heterocycles. The molecule has 15 heavy (non-hydrogen) atoms. The Morgan fingerprint density at radius 1 is 1.07 bits per heavy atom. The van der Waals surface area contributed by atoms with E-state index in [1.54, 1.807) is 0 Å². The highest BCUT2D eigenvalue weighted by Gasteiger charge is 1.93. The van der Waals surface area contributed by atoms with E-state index in [4.69, 9.17) is 0 Å². The molecule has 0 amide bonds. The zero-order valence-electron chi connectivity index (χ0n) is 9.01. The van der Waals surface area contributed by atoms with Crippen LogP contribution in [0.5, 0.6) is 0 Å². The summed E-state index contributed by atoms with van der Waals surface area (Å²) in [6.07, 6.45) is 4.00. The van der Waals surface area contributed by atoms with Crippen molar-refractivity contribution in [1.29, 1.82) is 0 Å². The summed E-state index contributed by atoms with van der Waals surface area (Å²) in [7, 11) is 4.00. The molecule has 0 N–H and O–H groups in total. The number of aromatic nitrogens is 1. The Morgan fingerprint density at radius 3 is 2.67 bits per heavy atom. The summed E-state index contributed by atoms with van der Waals surface area (Å²) in [5, 5.41) is 1.18. The second-order valence-electron chi connectivity index (χ2n) is 3.71. The second kappa shape index (κ2) is 4.13. The van der Waals surface area contributed by atoms with Gasteiger partial charge in [-0.3, -0.25) is 0 Å². The molecule has 0 saturated heterocycles. The van der Waals surface area contributed by atoms with Crippen LogP contribution in [-0.2, 0) is 0 Å². The van der Waals surface area contributed by atoms with E-state index in [0.29, 0.717) is 0 Å². The van der Waals surface area contributed by atoms with Crippen LogP contribution >= 0.6 is 0 Å². The Bertz CT molecular complexity index is 487. The third kappa shape index (κ3) is 2.34. The molecule has 0 radical (unpaired) electrons. The maximum Gasteiger partial charge on any atom is 0.0709 e. The number of rotatable bonds is 2. The van der Waals surface area contributed by atoms with E-state index < -0.39 is 0 Å². The minimum Gasteiger partial charge on any atom is -0.383 e. The Kier molecular flexibility index (Phi) is 2.68. The first-order chi connectivity index (χ1) is 7.25. The van der Waals surface area contributed by atoms with Crippen LogP contribution in [0.3, 0.4) is 0 Å². The zero-order valence-corrected chi connectivity index (χ0v) is 9.01. The summed E-state index contributed by atoms with van der Waals surface area (Å²) in [6, 6.07) is 12.3. The predicted octanol–water partition coefficient (Wildman–Crippen LogP) is 2.77. The van der Waals surface area contributed by atoms with Gasteiger partial charge in [-0.2, -0.15) is 0 Å². The first kappa shape index (κ1) is 9.71. The molecule has 2 rings (SSSR count). The van der Waals surface area contributed by atoms with E-state index in [2.05, 4.69) is 17.1 Å². The summed E-state index contributed by atoms with van der Waals surface area (Å²) in [6.45, 7) is 0. The topological polar surface area (TPSA) is 16.1 Å². The van der Waals surface area contributed by atoms with Crippen LogP contribution in [0.25, 0.3) is 17.0 Å². The summed E-state index contributed by atoms with van der Waals surface area (Å²) < 4.78 is 0. The molecule has 0 spiro atoms. The van der Waals surface area contributed by atoms with Crippen molar-refractivity contribution in [2.75, 3.05) is 14.1 Å². The van der Waals surface area contributed by atoms with Gasteiger partial charge in [0.1, 0.15) is 0 Å². The van der Waals surface area contributed by atoms with Crippen molar-refractivity contribution < 1.29 is 0 Å². The fourth-order valence-electron chi connectivity index (χ4n) is 1.40. The molecule has 0 aliphatic heterocycles. The highest BCUT2D eigenvalue weighted by Crippen LogP contribution is 2.12. The fraction of sp³-hybridized carbons (Fsp3) is 0.154. The van der Waals surface area contributed by atoms with Gasteiger partial charge >= 0.3 is 0 Å². The van der Waals surface area contributed by atoms with Gasteiger partial charge in [-0.05, 0) is 18.2 Å². The fourth-order valence-corrected chi connectivity index (χ4v) is 1.40. The normalized spacial score (nSPS) is 11.1. The largest absolute Gasteiger partial charge is 0.383 e. The highest BCUT2D eigenvalue weighted by molar-refractivity contribution is 5.79. The lowest BCUT2D eigenvalue weighted by molar-refractivity contribution is 0.567. The Hall–Kier alpha value is -1.83. The van der Waals surface area contributed by atoms with Crippen LogP contribution in [0.1, 0.15) is 5.69 Å². The third-order valence-corrected chi connectivity index (χ3v) is 2.16. The van der Waals surface area contributed by atoms with Crippen molar-refractivity contribution in [3.8, 4) is 0 Å².